The predicted octanol–water partition coefficient (Wildman–Crippen LogP) is 1.43. The highest BCUT2D eigenvalue weighted by molar-refractivity contribution is 5.85. The van der Waals surface area contributed by atoms with Crippen LogP contribution in [-0.4, -0.2) is 12.9 Å². The number of nitrogens with zero attached hydrogens (tertiary/aromatic N) is 1. The number of hydrogen-bond donors (Lipinski definition) is 1. The van der Waals surface area contributed by atoms with E-state index < -0.39 is 0 Å². The van der Waals surface area contributed by atoms with Crippen LogP contribution in [0.5, 0.6) is 0 Å². The molecule has 0 atom stereocenters. The second-order valence-electron chi connectivity index (χ2n) is 2.43. The van der Waals surface area contributed by atoms with Gasteiger partial charge in [0.05, 0.1) is 19.1 Å². The van der Waals surface area contributed by atoms with Crippen LogP contribution in [-0.2, 0) is 4.74 Å². The fourth-order valence-electron chi connectivity index (χ4n) is 0.934. The van der Waals surface area contributed by atoms with Gasteiger partial charge in [-0.05, 0) is 6.92 Å². The largest absolute Gasteiger partial charge is 0.504 e. The van der Waals surface area contributed by atoms with Gasteiger partial charge in [0.15, 0.2) is 0 Å². The van der Waals surface area contributed by atoms with Gasteiger partial charge >= 0.3 is 0 Å². The number of ether oxygens (including phenoxy) is 1. The Balaban J connectivity index is 0.00000121. The normalized spacial score (nSPS) is 17.8. The molecule has 0 spiro atoms. The minimum absolute atomic E-state index is 0. The molecule has 3 heteroatoms. The zero-order valence-corrected chi connectivity index (χ0v) is 6.79. The first kappa shape index (κ1) is 7.85. The summed E-state index contributed by atoms with van der Waals surface area (Å²) in [5, 5.41) is 0. The number of hydrogen-bond acceptors (Lipinski definition) is 3. The van der Waals surface area contributed by atoms with Gasteiger partial charge < -0.3 is 10.5 Å². The number of allylic oxidation sites excluding steroid dienone is 1. The van der Waals surface area contributed by atoms with Gasteiger partial charge in [-0.3, -0.25) is 0 Å². The monoisotopic (exact) mass is 154 g/mol. The van der Waals surface area contributed by atoms with Gasteiger partial charge in [0.1, 0.15) is 5.84 Å². The maximum absolute atomic E-state index is 5.49. The molecule has 0 saturated heterocycles. The van der Waals surface area contributed by atoms with E-state index in [0.717, 1.165) is 17.7 Å². The summed E-state index contributed by atoms with van der Waals surface area (Å²) < 4.78 is 4.84. The summed E-state index contributed by atoms with van der Waals surface area (Å²) in [6.07, 6.45) is 4.40. The third-order valence-corrected chi connectivity index (χ3v) is 1.47. The Hall–Kier alpha value is -1.25. The van der Waals surface area contributed by atoms with E-state index in [4.69, 9.17) is 10.5 Å². The minimum atomic E-state index is 0. The number of nitrogens with two attached hydrogens (primary N) is 1. The van der Waals surface area contributed by atoms with Gasteiger partial charge in [-0.1, -0.05) is 6.08 Å². The summed E-state index contributed by atoms with van der Waals surface area (Å²) in [6, 6.07) is 0. The quantitative estimate of drug-likeness (QED) is 0.611. The highest BCUT2D eigenvalue weighted by Gasteiger charge is 2.05. The van der Waals surface area contributed by atoms with E-state index in [1.165, 1.54) is 0 Å². The zero-order valence-electron chi connectivity index (χ0n) is 6.79. The van der Waals surface area contributed by atoms with Crippen molar-refractivity contribution in [1.82, 2.24) is 0 Å². The number of rotatable bonds is 2. The van der Waals surface area contributed by atoms with Crippen molar-refractivity contribution < 1.29 is 6.16 Å². The minimum Gasteiger partial charge on any atom is -0.504 e. The molecular formula is C8H14N2O. The van der Waals surface area contributed by atoms with Crippen LogP contribution in [0.2, 0.25) is 0 Å². The fraction of sp³-hybridized carbons (Fsp3) is 0.375. The topological polar surface area (TPSA) is 47.6 Å². The first-order valence-corrected chi connectivity index (χ1v) is 3.47. The van der Waals surface area contributed by atoms with Crippen molar-refractivity contribution in [2.45, 2.75) is 13.3 Å². The SMILES string of the molecule is CO/C=C(\C)C1=CCC(N)=N1.[HH]. The van der Waals surface area contributed by atoms with Gasteiger partial charge in [-0.25, -0.2) is 4.99 Å². The van der Waals surface area contributed by atoms with Crippen molar-refractivity contribution in [2.75, 3.05) is 7.11 Å². The Kier molecular flexibility index (Phi) is 2.31. The molecule has 0 amide bonds. The first-order valence-electron chi connectivity index (χ1n) is 3.47. The summed E-state index contributed by atoms with van der Waals surface area (Å²) in [5.41, 5.74) is 7.42. The summed E-state index contributed by atoms with van der Waals surface area (Å²) >= 11 is 0. The van der Waals surface area contributed by atoms with Gasteiger partial charge in [-0.2, -0.15) is 0 Å². The lowest BCUT2D eigenvalue weighted by Gasteiger charge is -1.96. The molecule has 3 nitrogen and oxygen atoms in total. The molecule has 0 aromatic rings. The smallest absolute Gasteiger partial charge is 0.103 e. The van der Waals surface area contributed by atoms with Gasteiger partial charge in [0.25, 0.3) is 0 Å². The Morgan fingerprint density at radius 1 is 1.91 bits per heavy atom. The summed E-state index contributed by atoms with van der Waals surface area (Å²) in [4.78, 5) is 4.11. The van der Waals surface area contributed by atoms with Crippen molar-refractivity contribution in [2.24, 2.45) is 10.7 Å². The molecule has 0 fully saturated rings. The standard InChI is InChI=1S/C8H12N2O.H2/c1-6(5-11-2)7-3-4-8(9)10-7;/h3,5H,4H2,1-2H3,(H2,9,10);1H/b6-5+;. The summed E-state index contributed by atoms with van der Waals surface area (Å²) in [7, 11) is 1.62. The molecule has 0 aromatic heterocycles. The van der Waals surface area contributed by atoms with Crippen LogP contribution in [0.25, 0.3) is 0 Å². The van der Waals surface area contributed by atoms with E-state index in [2.05, 4.69) is 4.99 Å². The van der Waals surface area contributed by atoms with Crippen molar-refractivity contribution in [3.05, 3.63) is 23.6 Å². The maximum Gasteiger partial charge on any atom is 0.103 e. The lowest BCUT2D eigenvalue weighted by molar-refractivity contribution is 0.334. The maximum atomic E-state index is 5.49. The molecule has 0 unspecified atom stereocenters. The molecule has 1 heterocycles. The summed E-state index contributed by atoms with van der Waals surface area (Å²) in [5.74, 6) is 0.670. The second-order valence-corrected chi connectivity index (χ2v) is 2.43. The van der Waals surface area contributed by atoms with Crippen LogP contribution in [0, 0.1) is 0 Å². The molecule has 0 bridgehead atoms. The van der Waals surface area contributed by atoms with Crippen LogP contribution in [0.15, 0.2) is 28.6 Å². The van der Waals surface area contributed by atoms with Gasteiger partial charge in [0.2, 0.25) is 0 Å². The highest BCUT2D eigenvalue weighted by atomic mass is 16.5. The Bertz CT molecular complexity index is 243. The number of aliphatic imine (C=N–C) groups is 1. The van der Waals surface area contributed by atoms with Gasteiger partial charge in [0, 0.05) is 13.4 Å². The number of methoxy groups -OCH3 is 1. The van der Waals surface area contributed by atoms with Crippen molar-refractivity contribution in [3.63, 3.8) is 0 Å². The Morgan fingerprint density at radius 3 is 3.09 bits per heavy atom. The molecule has 0 aromatic carbocycles. The van der Waals surface area contributed by atoms with E-state index in [1.807, 2.05) is 13.0 Å². The molecule has 62 valence electrons. The molecular weight excluding hydrogens is 140 g/mol. The summed E-state index contributed by atoms with van der Waals surface area (Å²) in [6.45, 7) is 1.94. The van der Waals surface area contributed by atoms with E-state index >= 15 is 0 Å². The third-order valence-electron chi connectivity index (χ3n) is 1.47. The highest BCUT2D eigenvalue weighted by Crippen LogP contribution is 2.16. The Labute approximate surface area is 67.7 Å². The molecule has 0 radical (unpaired) electrons. The predicted molar refractivity (Wildman–Crippen MR) is 47.2 cm³/mol. The van der Waals surface area contributed by atoms with E-state index in [1.54, 1.807) is 13.4 Å². The molecule has 1 rings (SSSR count). The fourth-order valence-corrected chi connectivity index (χ4v) is 0.934. The van der Waals surface area contributed by atoms with E-state index in [0.29, 0.717) is 5.84 Å². The first-order chi connectivity index (χ1) is 5.24. The molecule has 11 heavy (non-hydrogen) atoms. The van der Waals surface area contributed by atoms with Crippen LogP contribution in [0.1, 0.15) is 14.8 Å². The second kappa shape index (κ2) is 3.23. The molecule has 1 aliphatic rings. The van der Waals surface area contributed by atoms with Crippen LogP contribution >= 0.6 is 0 Å². The molecule has 0 saturated carbocycles. The molecule has 0 aliphatic carbocycles. The van der Waals surface area contributed by atoms with Crippen LogP contribution < -0.4 is 5.73 Å². The van der Waals surface area contributed by atoms with Crippen molar-refractivity contribution >= 4 is 5.84 Å². The number of amidine groups is 1. The van der Waals surface area contributed by atoms with Crippen molar-refractivity contribution in [1.29, 1.82) is 0 Å². The van der Waals surface area contributed by atoms with Crippen molar-refractivity contribution in [3.8, 4) is 0 Å². The lowest BCUT2D eigenvalue weighted by atomic mass is 10.2. The van der Waals surface area contributed by atoms with Crippen LogP contribution in [0.3, 0.4) is 0 Å². The Morgan fingerprint density at radius 2 is 2.64 bits per heavy atom. The zero-order chi connectivity index (χ0) is 8.27. The van der Waals surface area contributed by atoms with Crippen LogP contribution in [0.4, 0.5) is 0 Å². The van der Waals surface area contributed by atoms with Gasteiger partial charge in [-0.15, -0.1) is 0 Å². The van der Waals surface area contributed by atoms with E-state index in [-0.39, 0.29) is 1.43 Å². The third kappa shape index (κ3) is 1.83. The molecule has 2 N–H and O–H groups in total. The molecule has 1 aliphatic heterocycles. The average molecular weight is 154 g/mol. The lowest BCUT2D eigenvalue weighted by Crippen LogP contribution is -2.06. The average Bonchev–Trinajstić information content (AvgIpc) is 2.36. The van der Waals surface area contributed by atoms with E-state index in [9.17, 15) is 0 Å².